The van der Waals surface area contributed by atoms with Crippen molar-refractivity contribution in [2.24, 2.45) is 11.7 Å². The minimum Gasteiger partial charge on any atom is -0.477 e. The molecule has 6 nitrogen and oxygen atoms in total. The van der Waals surface area contributed by atoms with Gasteiger partial charge in [0.1, 0.15) is 0 Å². The first kappa shape index (κ1) is 12.6. The van der Waals surface area contributed by atoms with Crippen LogP contribution in [0.4, 0.5) is 5.69 Å². The van der Waals surface area contributed by atoms with Crippen LogP contribution in [0.3, 0.4) is 0 Å². The van der Waals surface area contributed by atoms with Crippen molar-refractivity contribution >= 4 is 11.6 Å². The van der Waals surface area contributed by atoms with Crippen molar-refractivity contribution < 1.29 is 14.3 Å². The fourth-order valence-electron chi connectivity index (χ4n) is 1.86. The first-order valence-electron chi connectivity index (χ1n) is 5.92. The maximum Gasteiger partial charge on any atom is 0.251 e. The van der Waals surface area contributed by atoms with Gasteiger partial charge >= 0.3 is 0 Å². The molecule has 1 aliphatic heterocycles. The zero-order valence-corrected chi connectivity index (χ0v) is 10.1. The Morgan fingerprint density at radius 1 is 1.50 bits per heavy atom. The molecule has 2 heterocycles. The molecular weight excluding hydrogens is 234 g/mol. The predicted octanol–water partition coefficient (Wildman–Crippen LogP) is 0.568. The Labute approximate surface area is 105 Å². The van der Waals surface area contributed by atoms with Crippen molar-refractivity contribution in [1.82, 2.24) is 4.98 Å². The van der Waals surface area contributed by atoms with Gasteiger partial charge in [-0.2, -0.15) is 0 Å². The van der Waals surface area contributed by atoms with Gasteiger partial charge in [0.2, 0.25) is 5.88 Å². The second-order valence-electron chi connectivity index (χ2n) is 4.34. The van der Waals surface area contributed by atoms with Gasteiger partial charge in [-0.3, -0.25) is 4.79 Å². The van der Waals surface area contributed by atoms with E-state index < -0.39 is 5.91 Å². The van der Waals surface area contributed by atoms with Crippen LogP contribution in [0.25, 0.3) is 0 Å². The highest BCUT2D eigenvalue weighted by Gasteiger charge is 2.15. The monoisotopic (exact) mass is 251 g/mol. The third-order valence-corrected chi connectivity index (χ3v) is 2.98. The van der Waals surface area contributed by atoms with Crippen LogP contribution >= 0.6 is 0 Å². The molecule has 0 spiro atoms. The lowest BCUT2D eigenvalue weighted by molar-refractivity contribution is 0.0490. The summed E-state index contributed by atoms with van der Waals surface area (Å²) in [6, 6.07) is 1.48. The highest BCUT2D eigenvalue weighted by molar-refractivity contribution is 5.97. The first-order valence-corrected chi connectivity index (χ1v) is 5.92. The molecule has 18 heavy (non-hydrogen) atoms. The van der Waals surface area contributed by atoms with Crippen LogP contribution in [0.15, 0.2) is 12.3 Å². The van der Waals surface area contributed by atoms with E-state index >= 15 is 0 Å². The quantitative estimate of drug-likeness (QED) is 0.814. The lowest BCUT2D eigenvalue weighted by Crippen LogP contribution is -2.22. The molecule has 0 aromatic carbocycles. The molecule has 0 bridgehead atoms. The van der Waals surface area contributed by atoms with E-state index in [1.807, 2.05) is 0 Å². The highest BCUT2D eigenvalue weighted by Crippen LogP contribution is 2.19. The molecular formula is C12H17N3O3. The molecule has 1 saturated heterocycles. The number of primary amides is 1. The fraction of sp³-hybridized carbons (Fsp3) is 0.500. The normalized spacial score (nSPS) is 16.4. The molecule has 1 amide bonds. The van der Waals surface area contributed by atoms with Crippen LogP contribution in [-0.2, 0) is 4.74 Å². The summed E-state index contributed by atoms with van der Waals surface area (Å²) in [5.41, 5.74) is 11.3. The fourth-order valence-corrected chi connectivity index (χ4v) is 1.86. The van der Waals surface area contributed by atoms with Gasteiger partial charge in [0.05, 0.1) is 24.1 Å². The van der Waals surface area contributed by atoms with E-state index in [0.717, 1.165) is 26.1 Å². The summed E-state index contributed by atoms with van der Waals surface area (Å²) in [4.78, 5) is 15.1. The first-order chi connectivity index (χ1) is 8.66. The molecule has 1 aliphatic rings. The second-order valence-corrected chi connectivity index (χ2v) is 4.34. The Hall–Kier alpha value is -1.82. The van der Waals surface area contributed by atoms with Gasteiger partial charge < -0.3 is 20.9 Å². The summed E-state index contributed by atoms with van der Waals surface area (Å²) in [7, 11) is 0. The SMILES string of the molecule is NC(=O)c1cc(OCC2CCOCC2)ncc1N. The Kier molecular flexibility index (Phi) is 3.99. The molecule has 1 fully saturated rings. The maximum atomic E-state index is 11.1. The molecule has 98 valence electrons. The average molecular weight is 251 g/mol. The van der Waals surface area contributed by atoms with Gasteiger partial charge in [0.15, 0.2) is 0 Å². The smallest absolute Gasteiger partial charge is 0.251 e. The highest BCUT2D eigenvalue weighted by atomic mass is 16.5. The lowest BCUT2D eigenvalue weighted by Gasteiger charge is -2.21. The Bertz CT molecular complexity index is 431. The molecule has 0 radical (unpaired) electrons. The lowest BCUT2D eigenvalue weighted by atomic mass is 10.0. The summed E-state index contributed by atoms with van der Waals surface area (Å²) < 4.78 is 10.8. The zero-order chi connectivity index (χ0) is 13.0. The topological polar surface area (TPSA) is 100 Å². The van der Waals surface area contributed by atoms with Gasteiger partial charge in [-0.05, 0) is 18.8 Å². The molecule has 1 aromatic heterocycles. The van der Waals surface area contributed by atoms with Crippen molar-refractivity contribution in [3.05, 3.63) is 17.8 Å². The predicted molar refractivity (Wildman–Crippen MR) is 66.2 cm³/mol. The van der Waals surface area contributed by atoms with Gasteiger partial charge in [0, 0.05) is 19.3 Å². The van der Waals surface area contributed by atoms with E-state index in [0.29, 0.717) is 18.4 Å². The van der Waals surface area contributed by atoms with Crippen LogP contribution in [0.1, 0.15) is 23.2 Å². The summed E-state index contributed by atoms with van der Waals surface area (Å²) in [6.07, 6.45) is 3.36. The third-order valence-electron chi connectivity index (χ3n) is 2.98. The Morgan fingerprint density at radius 2 is 2.22 bits per heavy atom. The summed E-state index contributed by atoms with van der Waals surface area (Å²) in [6.45, 7) is 2.12. The average Bonchev–Trinajstić information content (AvgIpc) is 2.38. The van der Waals surface area contributed by atoms with E-state index in [2.05, 4.69) is 4.98 Å². The Balaban J connectivity index is 1.96. The van der Waals surface area contributed by atoms with Crippen LogP contribution in [0.2, 0.25) is 0 Å². The standard InChI is InChI=1S/C12H17N3O3/c13-10-6-15-11(5-9(10)12(14)16)18-7-8-1-3-17-4-2-8/h5-6,8H,1-4,7,13H2,(H2,14,16). The van der Waals surface area contributed by atoms with Crippen molar-refractivity contribution in [2.45, 2.75) is 12.8 Å². The summed E-state index contributed by atoms with van der Waals surface area (Å²) >= 11 is 0. The van der Waals surface area contributed by atoms with E-state index in [9.17, 15) is 4.79 Å². The van der Waals surface area contributed by atoms with Gasteiger partial charge in [-0.25, -0.2) is 4.98 Å². The number of nitrogens with zero attached hydrogens (tertiary/aromatic N) is 1. The number of carbonyl (C=O) groups is 1. The van der Waals surface area contributed by atoms with E-state index in [1.165, 1.54) is 12.3 Å². The number of amides is 1. The minimum absolute atomic E-state index is 0.243. The maximum absolute atomic E-state index is 11.1. The summed E-state index contributed by atoms with van der Waals surface area (Å²) in [5, 5.41) is 0. The number of ether oxygens (including phenoxy) is 2. The van der Waals surface area contributed by atoms with Crippen LogP contribution in [-0.4, -0.2) is 30.7 Å². The largest absolute Gasteiger partial charge is 0.477 e. The van der Waals surface area contributed by atoms with Crippen molar-refractivity contribution in [3.8, 4) is 5.88 Å². The molecule has 0 aliphatic carbocycles. The van der Waals surface area contributed by atoms with Gasteiger partial charge in [-0.1, -0.05) is 0 Å². The van der Waals surface area contributed by atoms with Crippen LogP contribution in [0, 0.1) is 5.92 Å². The van der Waals surface area contributed by atoms with Crippen molar-refractivity contribution in [2.75, 3.05) is 25.6 Å². The van der Waals surface area contributed by atoms with E-state index in [-0.39, 0.29) is 11.3 Å². The number of carbonyl (C=O) groups excluding carboxylic acids is 1. The number of nitrogen functional groups attached to an aromatic ring is 1. The number of hydrogen-bond acceptors (Lipinski definition) is 5. The molecule has 0 saturated carbocycles. The number of aromatic nitrogens is 1. The zero-order valence-electron chi connectivity index (χ0n) is 10.1. The molecule has 0 atom stereocenters. The molecule has 4 N–H and O–H groups in total. The number of hydrogen-bond donors (Lipinski definition) is 2. The molecule has 0 unspecified atom stereocenters. The number of nitrogens with two attached hydrogens (primary N) is 2. The van der Waals surface area contributed by atoms with Crippen molar-refractivity contribution in [1.29, 1.82) is 0 Å². The van der Waals surface area contributed by atoms with E-state index in [1.54, 1.807) is 0 Å². The van der Waals surface area contributed by atoms with Gasteiger partial charge in [0.25, 0.3) is 5.91 Å². The van der Waals surface area contributed by atoms with Gasteiger partial charge in [-0.15, -0.1) is 0 Å². The molecule has 6 heteroatoms. The third kappa shape index (κ3) is 3.10. The van der Waals surface area contributed by atoms with Crippen LogP contribution < -0.4 is 16.2 Å². The molecule has 2 rings (SSSR count). The number of anilines is 1. The Morgan fingerprint density at radius 3 is 2.89 bits per heavy atom. The number of pyridine rings is 1. The molecule has 1 aromatic rings. The summed E-state index contributed by atoms with van der Waals surface area (Å²) in [5.74, 6) is 0.269. The van der Waals surface area contributed by atoms with Crippen LogP contribution in [0.5, 0.6) is 5.88 Å². The minimum atomic E-state index is -0.578. The van der Waals surface area contributed by atoms with Crippen molar-refractivity contribution in [3.63, 3.8) is 0 Å². The second kappa shape index (κ2) is 5.68. The number of rotatable bonds is 4. The van der Waals surface area contributed by atoms with E-state index in [4.69, 9.17) is 20.9 Å².